The second-order valence-corrected chi connectivity index (χ2v) is 4.18. The first-order valence-electron chi connectivity index (χ1n) is 5.47. The van der Waals surface area contributed by atoms with E-state index in [1.165, 1.54) is 0 Å². The molecule has 1 aromatic heterocycles. The van der Waals surface area contributed by atoms with Crippen LogP contribution in [0.3, 0.4) is 0 Å². The molecular formula is C12H13N3O4. The van der Waals surface area contributed by atoms with Crippen LogP contribution in [-0.2, 0) is 0 Å². The van der Waals surface area contributed by atoms with E-state index >= 15 is 0 Å². The number of rotatable bonds is 5. The molecule has 100 valence electrons. The Hall–Kier alpha value is -2.62. The fourth-order valence-electron chi connectivity index (χ4n) is 1.38. The third-order valence-corrected chi connectivity index (χ3v) is 2.45. The fraction of sp³-hybridized carbons (Fsp3) is 0.333. The fourth-order valence-corrected chi connectivity index (χ4v) is 1.38. The van der Waals surface area contributed by atoms with Gasteiger partial charge in [0.2, 0.25) is 0 Å². The number of carboxylic acids is 1. The van der Waals surface area contributed by atoms with Crippen LogP contribution in [0, 0.1) is 28.4 Å². The van der Waals surface area contributed by atoms with Crippen LogP contribution >= 0.6 is 0 Å². The molecule has 0 saturated carbocycles. The second kappa shape index (κ2) is 5.82. The summed E-state index contributed by atoms with van der Waals surface area (Å²) in [5.74, 6) is 1.25. The molecule has 0 aliphatic heterocycles. The third-order valence-electron chi connectivity index (χ3n) is 2.45. The lowest BCUT2D eigenvalue weighted by Crippen LogP contribution is -2.25. The van der Waals surface area contributed by atoms with Gasteiger partial charge < -0.3 is 10.4 Å². The van der Waals surface area contributed by atoms with Crippen molar-refractivity contribution in [1.29, 1.82) is 0 Å². The van der Waals surface area contributed by atoms with E-state index in [2.05, 4.69) is 16.2 Å². The van der Waals surface area contributed by atoms with Gasteiger partial charge in [-0.05, 0) is 5.92 Å². The number of pyridine rings is 1. The molecule has 7 heteroatoms. The lowest BCUT2D eigenvalue weighted by Gasteiger charge is -2.18. The number of terminal acetylenes is 1. The highest BCUT2D eigenvalue weighted by atomic mass is 16.6. The molecule has 1 unspecified atom stereocenters. The summed E-state index contributed by atoms with van der Waals surface area (Å²) in [6.45, 7) is 3.73. The Morgan fingerprint density at radius 2 is 2.26 bits per heavy atom. The van der Waals surface area contributed by atoms with Crippen molar-refractivity contribution >= 4 is 17.5 Å². The summed E-state index contributed by atoms with van der Waals surface area (Å²) in [6.07, 6.45) is 6.32. The van der Waals surface area contributed by atoms with Gasteiger partial charge in [0, 0.05) is 6.07 Å². The van der Waals surface area contributed by atoms with Gasteiger partial charge >= 0.3 is 5.97 Å². The van der Waals surface area contributed by atoms with Gasteiger partial charge in [-0.25, -0.2) is 9.78 Å². The van der Waals surface area contributed by atoms with Gasteiger partial charge in [-0.1, -0.05) is 19.8 Å². The molecule has 1 aromatic rings. The molecule has 2 N–H and O–H groups in total. The number of aromatic nitrogens is 1. The van der Waals surface area contributed by atoms with Gasteiger partial charge in [-0.15, -0.1) is 6.42 Å². The zero-order chi connectivity index (χ0) is 14.6. The zero-order valence-electron chi connectivity index (χ0n) is 10.5. The van der Waals surface area contributed by atoms with Crippen molar-refractivity contribution in [3.63, 3.8) is 0 Å². The highest BCUT2D eigenvalue weighted by molar-refractivity contribution is 5.93. The molecule has 0 aromatic carbocycles. The first-order valence-corrected chi connectivity index (χ1v) is 5.47. The summed E-state index contributed by atoms with van der Waals surface area (Å²) in [5, 5.41) is 22.4. The van der Waals surface area contributed by atoms with Gasteiger partial charge in [0.25, 0.3) is 5.69 Å². The molecule has 0 spiro atoms. The molecule has 19 heavy (non-hydrogen) atoms. The standard InChI is InChI=1S/C12H13N3O4/c1-4-10(7(2)3)14-11-9(12(16)17)5-8(6-13-11)15(18)19/h1,5-7,10H,2-3H3,(H,13,14)(H,16,17). The monoisotopic (exact) mass is 263 g/mol. The van der Waals surface area contributed by atoms with Crippen molar-refractivity contribution < 1.29 is 14.8 Å². The van der Waals surface area contributed by atoms with Crippen LogP contribution < -0.4 is 5.32 Å². The number of nitrogens with one attached hydrogen (secondary N) is 1. The van der Waals surface area contributed by atoms with E-state index in [9.17, 15) is 14.9 Å². The number of hydrogen-bond acceptors (Lipinski definition) is 5. The van der Waals surface area contributed by atoms with E-state index in [1.54, 1.807) is 0 Å². The minimum atomic E-state index is -1.31. The molecule has 1 rings (SSSR count). The van der Waals surface area contributed by atoms with E-state index in [0.717, 1.165) is 12.3 Å². The molecule has 7 nitrogen and oxygen atoms in total. The Balaban J connectivity index is 3.18. The van der Waals surface area contributed by atoms with Crippen LogP contribution in [0.1, 0.15) is 24.2 Å². The zero-order valence-corrected chi connectivity index (χ0v) is 10.5. The van der Waals surface area contributed by atoms with Gasteiger partial charge in [0.15, 0.2) is 0 Å². The van der Waals surface area contributed by atoms with E-state index in [1.807, 2.05) is 13.8 Å². The molecular weight excluding hydrogens is 250 g/mol. The lowest BCUT2D eigenvalue weighted by atomic mass is 10.1. The maximum Gasteiger partial charge on any atom is 0.339 e. The van der Waals surface area contributed by atoms with Crippen LogP contribution in [-0.4, -0.2) is 27.0 Å². The van der Waals surface area contributed by atoms with E-state index in [-0.39, 0.29) is 23.0 Å². The first-order chi connectivity index (χ1) is 8.86. The maximum absolute atomic E-state index is 11.1. The molecule has 0 aliphatic rings. The molecule has 1 heterocycles. The predicted molar refractivity (Wildman–Crippen MR) is 68.9 cm³/mol. The molecule has 0 amide bonds. The van der Waals surface area contributed by atoms with E-state index in [0.29, 0.717) is 0 Å². The van der Waals surface area contributed by atoms with Gasteiger partial charge in [0.1, 0.15) is 17.6 Å². The minimum absolute atomic E-state index is 0.0229. The van der Waals surface area contributed by atoms with E-state index < -0.39 is 16.9 Å². The van der Waals surface area contributed by atoms with Crippen LogP contribution in [0.4, 0.5) is 11.5 Å². The van der Waals surface area contributed by atoms with Gasteiger partial charge in [-0.3, -0.25) is 10.1 Å². The molecule has 0 saturated heterocycles. The Morgan fingerprint density at radius 3 is 2.68 bits per heavy atom. The number of hydrogen-bond donors (Lipinski definition) is 2. The Morgan fingerprint density at radius 1 is 1.63 bits per heavy atom. The number of nitrogens with zero attached hydrogens (tertiary/aromatic N) is 2. The predicted octanol–water partition coefficient (Wildman–Crippen LogP) is 1.76. The van der Waals surface area contributed by atoms with Crippen LogP contribution in [0.25, 0.3) is 0 Å². The number of anilines is 1. The molecule has 0 bridgehead atoms. The SMILES string of the molecule is C#CC(Nc1ncc([N+](=O)[O-])cc1C(=O)O)C(C)C. The average molecular weight is 263 g/mol. The summed E-state index contributed by atoms with van der Waals surface area (Å²) >= 11 is 0. The van der Waals surface area contributed by atoms with Crippen LogP contribution in [0.2, 0.25) is 0 Å². The minimum Gasteiger partial charge on any atom is -0.478 e. The third kappa shape index (κ3) is 3.42. The molecule has 0 fully saturated rings. The summed E-state index contributed by atoms with van der Waals surface area (Å²) in [6, 6.07) is 0.540. The summed E-state index contributed by atoms with van der Waals surface area (Å²) in [4.78, 5) is 24.7. The van der Waals surface area contributed by atoms with Crippen molar-refractivity contribution in [2.45, 2.75) is 19.9 Å². The topological polar surface area (TPSA) is 105 Å². The van der Waals surface area contributed by atoms with Gasteiger partial charge in [0.05, 0.1) is 11.0 Å². The van der Waals surface area contributed by atoms with E-state index in [4.69, 9.17) is 11.5 Å². The Bertz CT molecular complexity index is 548. The lowest BCUT2D eigenvalue weighted by molar-refractivity contribution is -0.385. The molecule has 0 radical (unpaired) electrons. The summed E-state index contributed by atoms with van der Waals surface area (Å²) in [7, 11) is 0. The van der Waals surface area contributed by atoms with Gasteiger partial charge in [-0.2, -0.15) is 0 Å². The summed E-state index contributed by atoms with van der Waals surface area (Å²) in [5.41, 5.74) is -0.667. The van der Waals surface area contributed by atoms with Crippen molar-refractivity contribution in [1.82, 2.24) is 4.98 Å². The smallest absolute Gasteiger partial charge is 0.339 e. The Labute approximate surface area is 109 Å². The number of aromatic carboxylic acids is 1. The highest BCUT2D eigenvalue weighted by Crippen LogP contribution is 2.20. The first kappa shape index (κ1) is 14.4. The van der Waals surface area contributed by atoms with Crippen LogP contribution in [0.15, 0.2) is 12.3 Å². The number of nitro groups is 1. The second-order valence-electron chi connectivity index (χ2n) is 4.18. The number of carbonyl (C=O) groups is 1. The van der Waals surface area contributed by atoms with Crippen molar-refractivity contribution in [3.8, 4) is 12.3 Å². The highest BCUT2D eigenvalue weighted by Gasteiger charge is 2.20. The number of carboxylic acid groups (broad SMARTS) is 1. The normalized spacial score (nSPS) is 11.7. The molecule has 0 aliphatic carbocycles. The average Bonchev–Trinajstić information content (AvgIpc) is 2.35. The van der Waals surface area contributed by atoms with Crippen molar-refractivity contribution in [2.75, 3.05) is 5.32 Å². The van der Waals surface area contributed by atoms with Crippen molar-refractivity contribution in [3.05, 3.63) is 27.9 Å². The maximum atomic E-state index is 11.1. The summed E-state index contributed by atoms with van der Waals surface area (Å²) < 4.78 is 0. The Kier molecular flexibility index (Phi) is 4.42. The molecule has 1 atom stereocenters. The quantitative estimate of drug-likeness (QED) is 0.476. The van der Waals surface area contributed by atoms with Crippen molar-refractivity contribution in [2.24, 2.45) is 5.92 Å². The van der Waals surface area contributed by atoms with Crippen LogP contribution in [0.5, 0.6) is 0 Å². The largest absolute Gasteiger partial charge is 0.478 e.